The van der Waals surface area contributed by atoms with Gasteiger partial charge in [0.1, 0.15) is 24.1 Å². The molecule has 5 aromatic rings. The number of carbonyl (C=O) groups excluding carboxylic acids is 1. The first-order valence-corrected chi connectivity index (χ1v) is 11.1. The van der Waals surface area contributed by atoms with Gasteiger partial charge < -0.3 is 14.4 Å². The fourth-order valence-electron chi connectivity index (χ4n) is 4.10. The summed E-state index contributed by atoms with van der Waals surface area (Å²) >= 11 is 0. The highest BCUT2D eigenvalue weighted by atomic mass is 16.5. The number of hydrogen-bond acceptors (Lipinski definition) is 6. The molecule has 0 aliphatic heterocycles. The minimum absolute atomic E-state index is 0.0293. The van der Waals surface area contributed by atoms with Crippen LogP contribution in [0.3, 0.4) is 0 Å². The number of nitrogens with zero attached hydrogens (tertiary/aromatic N) is 5. The zero-order valence-electron chi connectivity index (χ0n) is 19.2. The Labute approximate surface area is 195 Å². The van der Waals surface area contributed by atoms with E-state index in [0.29, 0.717) is 34.9 Å². The van der Waals surface area contributed by atoms with E-state index in [9.17, 15) is 9.59 Å². The Morgan fingerprint density at radius 2 is 1.94 bits per heavy atom. The van der Waals surface area contributed by atoms with Crippen LogP contribution < -0.4 is 10.9 Å². The summed E-state index contributed by atoms with van der Waals surface area (Å²) in [7, 11) is 0. The molecule has 0 saturated heterocycles. The van der Waals surface area contributed by atoms with Crippen LogP contribution in [0.2, 0.25) is 0 Å². The summed E-state index contributed by atoms with van der Waals surface area (Å²) in [6.07, 6.45) is 2.12. The second kappa shape index (κ2) is 8.58. The van der Waals surface area contributed by atoms with Crippen molar-refractivity contribution in [2.75, 3.05) is 5.32 Å². The summed E-state index contributed by atoms with van der Waals surface area (Å²) in [5.41, 5.74) is 4.21. The van der Waals surface area contributed by atoms with Crippen LogP contribution in [0.1, 0.15) is 29.8 Å². The Morgan fingerprint density at radius 1 is 1.12 bits per heavy atom. The fourth-order valence-corrected chi connectivity index (χ4v) is 4.10. The third-order valence-electron chi connectivity index (χ3n) is 5.72. The molecule has 1 amide bonds. The highest BCUT2D eigenvalue weighted by molar-refractivity contribution is 6.06. The molecular weight excluding hydrogens is 432 g/mol. The van der Waals surface area contributed by atoms with Crippen molar-refractivity contribution in [3.63, 3.8) is 0 Å². The quantitative estimate of drug-likeness (QED) is 0.418. The van der Waals surface area contributed by atoms with Gasteiger partial charge in [-0.05, 0) is 43.7 Å². The average molecular weight is 457 g/mol. The smallest absolute Gasteiger partial charge is 0.278 e. The van der Waals surface area contributed by atoms with Crippen molar-refractivity contribution in [2.45, 2.75) is 40.3 Å². The summed E-state index contributed by atoms with van der Waals surface area (Å²) in [5, 5.41) is 7.64. The number of benzene rings is 2. The molecule has 0 saturated carbocycles. The normalized spacial score (nSPS) is 11.4. The third-order valence-corrected chi connectivity index (χ3v) is 5.72. The number of nitrogens with one attached hydrogen (secondary N) is 1. The number of aryl methyl sites for hydroxylation is 3. The predicted octanol–water partition coefficient (Wildman–Crippen LogP) is 3.60. The number of aromatic nitrogens is 5. The van der Waals surface area contributed by atoms with E-state index in [2.05, 4.69) is 20.4 Å². The van der Waals surface area contributed by atoms with Crippen LogP contribution in [-0.4, -0.2) is 30.2 Å². The minimum atomic E-state index is -0.279. The number of anilines is 1. The molecule has 172 valence electrons. The van der Waals surface area contributed by atoms with Crippen LogP contribution in [-0.2, 0) is 24.3 Å². The first-order chi connectivity index (χ1) is 16.4. The molecule has 0 radical (unpaired) electrons. The minimum Gasteiger partial charge on any atom is -0.337 e. The Morgan fingerprint density at radius 3 is 2.71 bits per heavy atom. The SMILES string of the molecule is CCc1noc(Cn2cnc3c4cc(C)ccc4n(CC(=O)Nc4cccc(C)c4)c3c2=O)n1. The first-order valence-electron chi connectivity index (χ1n) is 11.1. The van der Waals surface area contributed by atoms with Crippen LogP contribution in [0.4, 0.5) is 5.69 Å². The van der Waals surface area contributed by atoms with Gasteiger partial charge in [-0.3, -0.25) is 14.2 Å². The van der Waals surface area contributed by atoms with Crippen molar-refractivity contribution in [1.29, 1.82) is 0 Å². The lowest BCUT2D eigenvalue weighted by Crippen LogP contribution is -2.25. The van der Waals surface area contributed by atoms with Gasteiger partial charge in [-0.15, -0.1) is 0 Å². The molecule has 0 unspecified atom stereocenters. The molecule has 2 aromatic carbocycles. The molecule has 0 bridgehead atoms. The van der Waals surface area contributed by atoms with E-state index < -0.39 is 0 Å². The molecule has 5 rings (SSSR count). The fraction of sp³-hybridized carbons (Fsp3) is 0.240. The third kappa shape index (κ3) is 3.96. The van der Waals surface area contributed by atoms with Gasteiger partial charge in [0.2, 0.25) is 11.8 Å². The van der Waals surface area contributed by atoms with E-state index in [1.54, 1.807) is 4.57 Å². The molecule has 1 N–H and O–H groups in total. The molecule has 3 heterocycles. The second-order valence-electron chi connectivity index (χ2n) is 8.36. The molecule has 3 aromatic heterocycles. The Hall–Kier alpha value is -4.27. The van der Waals surface area contributed by atoms with Crippen LogP contribution in [0.5, 0.6) is 0 Å². The van der Waals surface area contributed by atoms with Gasteiger partial charge in [-0.1, -0.05) is 35.8 Å². The maximum absolute atomic E-state index is 13.5. The zero-order chi connectivity index (χ0) is 23.8. The number of rotatable bonds is 6. The van der Waals surface area contributed by atoms with Crippen LogP contribution in [0.15, 0.2) is 58.1 Å². The molecule has 9 heteroatoms. The lowest BCUT2D eigenvalue weighted by Gasteiger charge is -2.10. The summed E-state index contributed by atoms with van der Waals surface area (Å²) in [6, 6.07) is 13.4. The van der Waals surface area contributed by atoms with E-state index in [0.717, 1.165) is 22.0 Å². The van der Waals surface area contributed by atoms with Crippen LogP contribution in [0, 0.1) is 13.8 Å². The summed E-state index contributed by atoms with van der Waals surface area (Å²) < 4.78 is 8.41. The molecular formula is C25H24N6O3. The maximum atomic E-state index is 13.5. The number of amides is 1. The largest absolute Gasteiger partial charge is 0.337 e. The standard InChI is InChI=1S/C25H24N6O3/c1-4-20-28-22(34-29-20)13-30-14-26-23-18-11-16(3)8-9-19(18)31(24(23)25(30)33)12-21(32)27-17-7-5-6-15(2)10-17/h5-11,14H,4,12-13H2,1-3H3,(H,27,32). The molecule has 0 aliphatic carbocycles. The van der Waals surface area contributed by atoms with Crippen LogP contribution >= 0.6 is 0 Å². The van der Waals surface area contributed by atoms with Gasteiger partial charge in [0.15, 0.2) is 5.82 Å². The van der Waals surface area contributed by atoms with Crippen molar-refractivity contribution >= 4 is 33.5 Å². The summed E-state index contributed by atoms with van der Waals surface area (Å²) in [5.74, 6) is 0.676. The van der Waals surface area contributed by atoms with E-state index in [4.69, 9.17) is 4.52 Å². The number of hydrogen-bond donors (Lipinski definition) is 1. The molecule has 34 heavy (non-hydrogen) atoms. The van der Waals surface area contributed by atoms with E-state index in [-0.39, 0.29) is 24.6 Å². The highest BCUT2D eigenvalue weighted by Crippen LogP contribution is 2.26. The van der Waals surface area contributed by atoms with Gasteiger partial charge in [-0.2, -0.15) is 4.98 Å². The van der Waals surface area contributed by atoms with Gasteiger partial charge in [0.05, 0.1) is 11.8 Å². The predicted molar refractivity (Wildman–Crippen MR) is 129 cm³/mol. The van der Waals surface area contributed by atoms with Crippen molar-refractivity contribution < 1.29 is 9.32 Å². The van der Waals surface area contributed by atoms with Crippen molar-refractivity contribution in [1.82, 2.24) is 24.3 Å². The average Bonchev–Trinajstić information content (AvgIpc) is 3.38. The van der Waals surface area contributed by atoms with Crippen molar-refractivity contribution in [2.24, 2.45) is 0 Å². The molecule has 0 aliphatic rings. The topological polar surface area (TPSA) is 108 Å². The summed E-state index contributed by atoms with van der Waals surface area (Å²) in [6.45, 7) is 5.95. The van der Waals surface area contributed by atoms with E-state index in [1.807, 2.05) is 63.2 Å². The number of carbonyl (C=O) groups is 1. The molecule has 0 fully saturated rings. The summed E-state index contributed by atoms with van der Waals surface area (Å²) in [4.78, 5) is 35.4. The number of fused-ring (bicyclic) bond motifs is 3. The van der Waals surface area contributed by atoms with Crippen molar-refractivity contribution in [3.8, 4) is 0 Å². The Balaban J connectivity index is 1.59. The van der Waals surface area contributed by atoms with E-state index in [1.165, 1.54) is 10.9 Å². The maximum Gasteiger partial charge on any atom is 0.278 e. The highest BCUT2D eigenvalue weighted by Gasteiger charge is 2.19. The van der Waals surface area contributed by atoms with Gasteiger partial charge in [0.25, 0.3) is 5.56 Å². The first kappa shape index (κ1) is 21.6. The van der Waals surface area contributed by atoms with E-state index >= 15 is 0 Å². The molecule has 0 spiro atoms. The molecule has 0 atom stereocenters. The lowest BCUT2D eigenvalue weighted by molar-refractivity contribution is -0.116. The zero-order valence-corrected chi connectivity index (χ0v) is 19.2. The molecule has 9 nitrogen and oxygen atoms in total. The van der Waals surface area contributed by atoms with Gasteiger partial charge in [-0.25, -0.2) is 4.98 Å². The lowest BCUT2D eigenvalue weighted by atomic mass is 10.1. The van der Waals surface area contributed by atoms with Gasteiger partial charge in [0, 0.05) is 17.5 Å². The Kier molecular flexibility index (Phi) is 5.45. The van der Waals surface area contributed by atoms with Crippen LogP contribution in [0.25, 0.3) is 21.9 Å². The van der Waals surface area contributed by atoms with Crippen molar-refractivity contribution in [3.05, 3.63) is 82.0 Å². The second-order valence-corrected chi connectivity index (χ2v) is 8.36. The van der Waals surface area contributed by atoms with Gasteiger partial charge >= 0.3 is 0 Å². The Bertz CT molecular complexity index is 1590. The monoisotopic (exact) mass is 456 g/mol.